The maximum atomic E-state index is 13.2. The van der Waals surface area contributed by atoms with Crippen LogP contribution in [0.2, 0.25) is 0 Å². The van der Waals surface area contributed by atoms with E-state index in [-0.39, 0.29) is 11.3 Å². The van der Waals surface area contributed by atoms with E-state index in [2.05, 4.69) is 4.74 Å². The normalized spacial score (nSPS) is 20.5. The molecule has 1 N–H and O–H groups in total. The van der Waals surface area contributed by atoms with Crippen LogP contribution in [0.25, 0.3) is 0 Å². The quantitative estimate of drug-likeness (QED) is 0.805. The number of hydrogen-bond acceptors (Lipinski definition) is 4. The van der Waals surface area contributed by atoms with Gasteiger partial charge in [0.2, 0.25) is 5.76 Å². The number of aliphatic hydroxyl groups excluding tert-OH is 1. The van der Waals surface area contributed by atoms with Crippen molar-refractivity contribution < 1.29 is 32.5 Å². The highest BCUT2D eigenvalue weighted by molar-refractivity contribution is 5.91. The summed E-state index contributed by atoms with van der Waals surface area (Å²) in [4.78, 5) is 11.8. The van der Waals surface area contributed by atoms with E-state index in [0.29, 0.717) is 6.42 Å². The van der Waals surface area contributed by atoms with Crippen LogP contribution >= 0.6 is 0 Å². The van der Waals surface area contributed by atoms with E-state index in [1.807, 2.05) is 0 Å². The fourth-order valence-electron chi connectivity index (χ4n) is 3.18. The number of ether oxygens (including phenoxy) is 2. The first-order valence-electron chi connectivity index (χ1n) is 7.25. The fourth-order valence-corrected chi connectivity index (χ4v) is 3.18. The zero-order valence-corrected chi connectivity index (χ0v) is 12.4. The second-order valence-electron chi connectivity index (χ2n) is 5.56. The van der Waals surface area contributed by atoms with E-state index in [1.165, 1.54) is 6.07 Å². The zero-order chi connectivity index (χ0) is 16.8. The lowest BCUT2D eigenvalue weighted by atomic mass is 9.83. The number of rotatable bonds is 1. The average molecular weight is 328 g/mol. The molecule has 0 fully saturated rings. The minimum Gasteiger partial charge on any atom is -0.465 e. The van der Waals surface area contributed by atoms with Crippen LogP contribution in [0, 0.1) is 0 Å². The highest BCUT2D eigenvalue weighted by Crippen LogP contribution is 2.46. The van der Waals surface area contributed by atoms with E-state index in [4.69, 9.17) is 4.74 Å². The van der Waals surface area contributed by atoms with Gasteiger partial charge >= 0.3 is 12.1 Å². The number of aliphatic hydroxyl groups is 1. The van der Waals surface area contributed by atoms with Crippen molar-refractivity contribution in [3.63, 3.8) is 0 Å². The topological polar surface area (TPSA) is 55.8 Å². The smallest absolute Gasteiger partial charge is 0.450 e. The van der Waals surface area contributed by atoms with Crippen molar-refractivity contribution in [3.8, 4) is 5.75 Å². The van der Waals surface area contributed by atoms with Crippen LogP contribution in [-0.2, 0) is 22.4 Å². The molecule has 7 heteroatoms. The van der Waals surface area contributed by atoms with Gasteiger partial charge in [0.15, 0.2) is 0 Å². The van der Waals surface area contributed by atoms with Gasteiger partial charge in [-0.15, -0.1) is 0 Å². The highest BCUT2D eigenvalue weighted by atomic mass is 19.4. The van der Waals surface area contributed by atoms with Crippen molar-refractivity contribution in [2.24, 2.45) is 0 Å². The molecule has 1 aliphatic heterocycles. The van der Waals surface area contributed by atoms with Crippen LogP contribution in [0.4, 0.5) is 13.2 Å². The number of alkyl halides is 3. The predicted molar refractivity (Wildman–Crippen MR) is 73.8 cm³/mol. The average Bonchev–Trinajstić information content (AvgIpc) is 2.52. The van der Waals surface area contributed by atoms with Crippen molar-refractivity contribution in [1.29, 1.82) is 0 Å². The third-order valence-corrected chi connectivity index (χ3v) is 4.20. The lowest BCUT2D eigenvalue weighted by Crippen LogP contribution is -2.31. The van der Waals surface area contributed by atoms with Gasteiger partial charge in [-0.05, 0) is 42.9 Å². The number of methoxy groups -OCH3 is 1. The van der Waals surface area contributed by atoms with Crippen LogP contribution < -0.4 is 4.74 Å². The third kappa shape index (κ3) is 2.59. The Hall–Kier alpha value is -2.02. The Labute approximate surface area is 130 Å². The van der Waals surface area contributed by atoms with Crippen LogP contribution in [0.1, 0.15) is 35.6 Å². The predicted octanol–water partition coefficient (Wildman–Crippen LogP) is 2.98. The van der Waals surface area contributed by atoms with Gasteiger partial charge in [0.25, 0.3) is 0 Å². The molecule has 0 spiro atoms. The number of esters is 1. The summed E-state index contributed by atoms with van der Waals surface area (Å²) in [5, 5.41) is 10.5. The Morgan fingerprint density at radius 2 is 2.00 bits per heavy atom. The largest absolute Gasteiger partial charge is 0.465 e. The third-order valence-electron chi connectivity index (χ3n) is 4.20. The Bertz CT molecular complexity index is 691. The second kappa shape index (κ2) is 5.56. The van der Waals surface area contributed by atoms with E-state index >= 15 is 0 Å². The first-order chi connectivity index (χ1) is 10.8. The lowest BCUT2D eigenvalue weighted by Gasteiger charge is -2.31. The first-order valence-corrected chi connectivity index (χ1v) is 7.25. The number of carbonyl (C=O) groups is 1. The monoisotopic (exact) mass is 328 g/mol. The number of aryl methyl sites for hydroxylation is 1. The molecule has 2 aliphatic rings. The molecule has 4 nitrogen and oxygen atoms in total. The van der Waals surface area contributed by atoms with Gasteiger partial charge in [-0.2, -0.15) is 13.2 Å². The van der Waals surface area contributed by atoms with Crippen molar-refractivity contribution in [2.45, 2.75) is 38.0 Å². The SMILES string of the molecule is COC(=O)C1=C(C(F)(F)F)Oc2ccc3c(c2C1O)CCCC3. The van der Waals surface area contributed by atoms with E-state index in [0.717, 1.165) is 37.5 Å². The Balaban J connectivity index is 2.19. The second-order valence-corrected chi connectivity index (χ2v) is 5.56. The minimum atomic E-state index is -4.90. The Kier molecular flexibility index (Phi) is 3.83. The summed E-state index contributed by atoms with van der Waals surface area (Å²) >= 11 is 0. The molecule has 1 heterocycles. The molecular weight excluding hydrogens is 313 g/mol. The van der Waals surface area contributed by atoms with Gasteiger partial charge in [0.05, 0.1) is 7.11 Å². The molecular formula is C16H15F3O4. The van der Waals surface area contributed by atoms with Crippen molar-refractivity contribution in [1.82, 2.24) is 0 Å². The van der Waals surface area contributed by atoms with Crippen molar-refractivity contribution in [2.75, 3.05) is 7.11 Å². The molecule has 0 aromatic heterocycles. The number of hydrogen-bond donors (Lipinski definition) is 1. The summed E-state index contributed by atoms with van der Waals surface area (Å²) in [7, 11) is 0.964. The number of allylic oxidation sites excluding steroid dienone is 1. The highest BCUT2D eigenvalue weighted by Gasteiger charge is 2.47. The fraction of sp³-hybridized carbons (Fsp3) is 0.438. The summed E-state index contributed by atoms with van der Waals surface area (Å²) in [5.41, 5.74) is 1.09. The molecule has 23 heavy (non-hydrogen) atoms. The zero-order valence-electron chi connectivity index (χ0n) is 12.4. The standard InChI is InChI=1S/C16H15F3O4/c1-22-15(21)12-13(20)11-9-5-3-2-4-8(9)6-7-10(11)23-14(12)16(17,18)19/h6-7,13,20H,2-5H2,1H3. The van der Waals surface area contributed by atoms with Gasteiger partial charge in [0.1, 0.15) is 17.4 Å². The molecule has 1 aromatic rings. The number of carbonyl (C=O) groups excluding carboxylic acids is 1. The molecule has 1 atom stereocenters. The maximum absolute atomic E-state index is 13.2. The molecule has 0 radical (unpaired) electrons. The van der Waals surface area contributed by atoms with Gasteiger partial charge in [-0.1, -0.05) is 6.07 Å². The number of halogens is 3. The lowest BCUT2D eigenvalue weighted by molar-refractivity contribution is -0.142. The van der Waals surface area contributed by atoms with Crippen molar-refractivity contribution in [3.05, 3.63) is 40.2 Å². The van der Waals surface area contributed by atoms with E-state index < -0.39 is 29.6 Å². The molecule has 1 aromatic carbocycles. The molecule has 0 saturated carbocycles. The van der Waals surface area contributed by atoms with Crippen LogP contribution in [0.15, 0.2) is 23.5 Å². The number of fused-ring (bicyclic) bond motifs is 3. The summed E-state index contributed by atoms with van der Waals surface area (Å²) < 4.78 is 48.9. The van der Waals surface area contributed by atoms with Gasteiger partial charge in [-0.3, -0.25) is 0 Å². The van der Waals surface area contributed by atoms with Crippen molar-refractivity contribution >= 4 is 5.97 Å². The molecule has 0 saturated heterocycles. The Morgan fingerprint density at radius 3 is 2.65 bits per heavy atom. The van der Waals surface area contributed by atoms with Crippen LogP contribution in [0.5, 0.6) is 5.75 Å². The Morgan fingerprint density at radius 1 is 1.30 bits per heavy atom. The molecule has 124 valence electrons. The van der Waals surface area contributed by atoms with Gasteiger partial charge < -0.3 is 14.6 Å². The van der Waals surface area contributed by atoms with Crippen LogP contribution in [0.3, 0.4) is 0 Å². The van der Waals surface area contributed by atoms with E-state index in [9.17, 15) is 23.1 Å². The molecule has 0 amide bonds. The molecule has 0 bridgehead atoms. The minimum absolute atomic E-state index is 0.0573. The maximum Gasteiger partial charge on any atom is 0.450 e. The summed E-state index contributed by atoms with van der Waals surface area (Å²) in [6.45, 7) is 0. The molecule has 1 aliphatic carbocycles. The summed E-state index contributed by atoms with van der Waals surface area (Å²) in [6.07, 6.45) is -3.34. The number of benzene rings is 1. The van der Waals surface area contributed by atoms with Gasteiger partial charge in [0, 0.05) is 5.56 Å². The summed E-state index contributed by atoms with van der Waals surface area (Å²) in [6, 6.07) is 3.14. The molecule has 1 unspecified atom stereocenters. The van der Waals surface area contributed by atoms with Gasteiger partial charge in [-0.25, -0.2) is 4.79 Å². The summed E-state index contributed by atoms with van der Waals surface area (Å²) in [5.74, 6) is -2.82. The molecule has 3 rings (SSSR count). The van der Waals surface area contributed by atoms with Crippen LogP contribution in [-0.4, -0.2) is 24.4 Å². The first kappa shape index (κ1) is 15.9. The van der Waals surface area contributed by atoms with E-state index in [1.54, 1.807) is 6.07 Å².